The number of anilines is 2. The first-order valence-electron chi connectivity index (χ1n) is 10.6. The van der Waals surface area contributed by atoms with Crippen LogP contribution in [0.4, 0.5) is 11.5 Å². The van der Waals surface area contributed by atoms with Crippen LogP contribution < -0.4 is 11.1 Å². The number of carbonyl (C=O) groups is 2. The molecule has 3 N–H and O–H groups in total. The predicted molar refractivity (Wildman–Crippen MR) is 124 cm³/mol. The van der Waals surface area contributed by atoms with Gasteiger partial charge in [-0.3, -0.25) is 9.59 Å². The minimum Gasteiger partial charge on any atom is -0.383 e. The zero-order chi connectivity index (χ0) is 22.1. The fraction of sp³-hybridized carbons (Fsp3) is 0.391. The van der Waals surface area contributed by atoms with Crippen LogP contribution in [-0.2, 0) is 16.0 Å². The van der Waals surface area contributed by atoms with Crippen LogP contribution in [0.2, 0.25) is 0 Å². The monoisotopic (exact) mass is 437 g/mol. The normalized spacial score (nSPS) is 18.9. The summed E-state index contributed by atoms with van der Waals surface area (Å²) >= 11 is 1.65. The number of likely N-dealkylation sites (tertiary alicyclic amines) is 1. The van der Waals surface area contributed by atoms with Crippen LogP contribution >= 0.6 is 11.3 Å². The lowest BCUT2D eigenvalue weighted by molar-refractivity contribution is -0.146. The van der Waals surface area contributed by atoms with Gasteiger partial charge in [0.1, 0.15) is 5.82 Å². The number of carbonyl (C=O) groups excluding carboxylic acids is 2. The molecule has 4 rings (SSSR count). The first-order valence-corrected chi connectivity index (χ1v) is 11.4. The van der Waals surface area contributed by atoms with Crippen LogP contribution in [-0.4, -0.2) is 33.2 Å². The third-order valence-corrected chi connectivity index (χ3v) is 6.77. The summed E-state index contributed by atoms with van der Waals surface area (Å²) < 4.78 is 1.13. The number of rotatable bonds is 3. The van der Waals surface area contributed by atoms with Gasteiger partial charge in [0.25, 0.3) is 0 Å². The van der Waals surface area contributed by atoms with E-state index in [0.29, 0.717) is 30.4 Å². The van der Waals surface area contributed by atoms with Gasteiger partial charge in [0.15, 0.2) is 0 Å². The molecule has 7 nitrogen and oxygen atoms in total. The third-order valence-electron chi connectivity index (χ3n) is 5.82. The van der Waals surface area contributed by atoms with Gasteiger partial charge < -0.3 is 16.0 Å². The van der Waals surface area contributed by atoms with Gasteiger partial charge in [-0.2, -0.15) is 0 Å². The molecule has 0 bridgehead atoms. The number of fused-ring (bicyclic) bond motifs is 1. The second-order valence-corrected chi connectivity index (χ2v) is 9.43. The lowest BCUT2D eigenvalue weighted by Crippen LogP contribution is -2.46. The largest absolute Gasteiger partial charge is 0.383 e. The molecule has 1 fully saturated rings. The number of nitrogens with one attached hydrogen (secondary N) is 1. The molecular weight excluding hydrogens is 410 g/mol. The van der Waals surface area contributed by atoms with E-state index in [1.54, 1.807) is 22.3 Å². The van der Waals surface area contributed by atoms with E-state index in [1.807, 2.05) is 13.8 Å². The topological polar surface area (TPSA) is 101 Å². The maximum absolute atomic E-state index is 13.2. The van der Waals surface area contributed by atoms with Crippen LogP contribution in [0, 0.1) is 12.8 Å². The number of piperidine rings is 1. The maximum Gasteiger partial charge on any atom is 0.313 e. The summed E-state index contributed by atoms with van der Waals surface area (Å²) in [6.45, 7) is 6.61. The molecule has 1 aliphatic rings. The van der Waals surface area contributed by atoms with Gasteiger partial charge >= 0.3 is 11.8 Å². The van der Waals surface area contributed by atoms with Crippen molar-refractivity contribution in [3.05, 3.63) is 46.6 Å². The van der Waals surface area contributed by atoms with Gasteiger partial charge in [-0.25, -0.2) is 9.97 Å². The molecule has 1 aliphatic heterocycles. The van der Waals surface area contributed by atoms with Crippen molar-refractivity contribution in [2.75, 3.05) is 17.6 Å². The average Bonchev–Trinajstić information content (AvgIpc) is 3.13. The van der Waals surface area contributed by atoms with Crippen LogP contribution in [0.3, 0.4) is 0 Å². The first-order chi connectivity index (χ1) is 14.9. The highest BCUT2D eigenvalue weighted by Gasteiger charge is 2.34. The van der Waals surface area contributed by atoms with Crippen molar-refractivity contribution >= 4 is 44.9 Å². The molecule has 8 heteroatoms. The van der Waals surface area contributed by atoms with Gasteiger partial charge in [0.05, 0.1) is 33.2 Å². The second kappa shape index (κ2) is 8.63. The molecule has 2 amide bonds. The summed E-state index contributed by atoms with van der Waals surface area (Å²) in [5, 5.41) is 3.72. The third kappa shape index (κ3) is 4.39. The van der Waals surface area contributed by atoms with Crippen molar-refractivity contribution in [1.82, 2.24) is 14.9 Å². The lowest BCUT2D eigenvalue weighted by Gasteiger charge is -2.38. The Balaban J connectivity index is 1.57. The minimum atomic E-state index is -0.654. The van der Waals surface area contributed by atoms with Crippen molar-refractivity contribution in [2.45, 2.75) is 46.1 Å². The van der Waals surface area contributed by atoms with E-state index in [0.717, 1.165) is 39.2 Å². The number of nitrogen functional groups attached to an aromatic ring is 1. The number of amides is 2. The molecule has 162 valence electrons. The van der Waals surface area contributed by atoms with Gasteiger partial charge in [0, 0.05) is 6.54 Å². The van der Waals surface area contributed by atoms with Crippen molar-refractivity contribution in [1.29, 1.82) is 0 Å². The lowest BCUT2D eigenvalue weighted by atomic mass is 9.89. The van der Waals surface area contributed by atoms with Crippen LogP contribution in [0.15, 0.2) is 30.5 Å². The average molecular weight is 438 g/mol. The molecule has 3 aromatic rings. The highest BCUT2D eigenvalue weighted by Crippen LogP contribution is 2.35. The summed E-state index contributed by atoms with van der Waals surface area (Å²) in [5.74, 6) is -0.410. The SMILES string of the molecule is CCc1cc(NC(=O)C(=O)N2C[C@@H](C)CC[C@@H]2c2ccc3sc(C)nc3c2)cnc1N. The molecule has 31 heavy (non-hydrogen) atoms. The Hall–Kier alpha value is -3.00. The number of aryl methyl sites for hydroxylation is 2. The van der Waals surface area contributed by atoms with E-state index in [-0.39, 0.29) is 6.04 Å². The Labute approximate surface area is 185 Å². The summed E-state index contributed by atoms with van der Waals surface area (Å²) in [6, 6.07) is 7.78. The number of benzene rings is 1. The smallest absolute Gasteiger partial charge is 0.313 e. The Bertz CT molecular complexity index is 1140. The van der Waals surface area contributed by atoms with Gasteiger partial charge in [-0.15, -0.1) is 11.3 Å². The highest BCUT2D eigenvalue weighted by molar-refractivity contribution is 7.18. The second-order valence-electron chi connectivity index (χ2n) is 8.19. The molecule has 3 heterocycles. The Morgan fingerprint density at radius 1 is 1.29 bits per heavy atom. The molecule has 0 unspecified atom stereocenters. The Morgan fingerprint density at radius 3 is 2.87 bits per heavy atom. The number of nitrogens with zero attached hydrogens (tertiary/aromatic N) is 3. The minimum absolute atomic E-state index is 0.142. The zero-order valence-corrected chi connectivity index (χ0v) is 18.8. The number of thiazole rings is 1. The Kier molecular flexibility index (Phi) is 5.91. The van der Waals surface area contributed by atoms with E-state index in [4.69, 9.17) is 5.73 Å². The van der Waals surface area contributed by atoms with E-state index in [1.165, 1.54) is 6.20 Å². The summed E-state index contributed by atoms with van der Waals surface area (Å²) in [6.07, 6.45) is 4.00. The summed E-state index contributed by atoms with van der Waals surface area (Å²) in [7, 11) is 0. The standard InChI is InChI=1S/C23H27N5O2S/c1-4-15-9-17(11-25-21(15)24)27-22(29)23(30)28-12-13(2)5-7-19(28)16-6-8-20-18(10-16)26-14(3)31-20/h6,8-11,13,19H,4-5,7,12H2,1-3H3,(H2,24,25)(H,27,29)/t13-,19+/m0/s1. The van der Waals surface area contributed by atoms with Crippen molar-refractivity contribution in [3.63, 3.8) is 0 Å². The molecule has 0 aliphatic carbocycles. The van der Waals surface area contributed by atoms with Crippen molar-refractivity contribution < 1.29 is 9.59 Å². The quantitative estimate of drug-likeness (QED) is 0.601. The zero-order valence-electron chi connectivity index (χ0n) is 18.0. The van der Waals surface area contributed by atoms with Crippen LogP contribution in [0.5, 0.6) is 0 Å². The number of pyridine rings is 1. The van der Waals surface area contributed by atoms with E-state index in [2.05, 4.69) is 40.4 Å². The Morgan fingerprint density at radius 2 is 2.10 bits per heavy atom. The summed E-state index contributed by atoms with van der Waals surface area (Å²) in [5.41, 5.74) is 9.12. The van der Waals surface area contributed by atoms with E-state index >= 15 is 0 Å². The number of nitrogens with two attached hydrogens (primary N) is 1. The van der Waals surface area contributed by atoms with Crippen molar-refractivity contribution in [3.8, 4) is 0 Å². The highest BCUT2D eigenvalue weighted by atomic mass is 32.1. The van der Waals surface area contributed by atoms with Crippen molar-refractivity contribution in [2.24, 2.45) is 5.92 Å². The van der Waals surface area contributed by atoms with E-state index < -0.39 is 11.8 Å². The number of aromatic nitrogens is 2. The molecule has 1 aromatic carbocycles. The van der Waals surface area contributed by atoms with Gasteiger partial charge in [-0.05, 0) is 61.4 Å². The molecule has 0 spiro atoms. The first kappa shape index (κ1) is 21.2. The number of hydrogen-bond donors (Lipinski definition) is 2. The molecule has 2 aromatic heterocycles. The van der Waals surface area contributed by atoms with E-state index in [9.17, 15) is 9.59 Å². The molecular formula is C23H27N5O2S. The van der Waals surface area contributed by atoms with Gasteiger partial charge in [-0.1, -0.05) is 19.9 Å². The molecule has 2 atom stereocenters. The fourth-order valence-electron chi connectivity index (χ4n) is 4.18. The number of hydrogen-bond acceptors (Lipinski definition) is 6. The predicted octanol–water partition coefficient (Wildman–Crippen LogP) is 4.08. The molecule has 0 saturated carbocycles. The van der Waals surface area contributed by atoms with Crippen LogP contribution in [0.1, 0.15) is 48.9 Å². The maximum atomic E-state index is 13.2. The fourth-order valence-corrected chi connectivity index (χ4v) is 4.99. The summed E-state index contributed by atoms with van der Waals surface area (Å²) in [4.78, 5) is 36.4. The van der Waals surface area contributed by atoms with Crippen LogP contribution in [0.25, 0.3) is 10.2 Å². The van der Waals surface area contributed by atoms with Gasteiger partial charge in [0.2, 0.25) is 0 Å². The molecule has 1 saturated heterocycles. The molecule has 0 radical (unpaired) electrons.